The first kappa shape index (κ1) is 20.0. The normalized spacial score (nSPS) is 14.4. The van der Waals surface area contributed by atoms with Crippen molar-refractivity contribution >= 4 is 17.3 Å². The van der Waals surface area contributed by atoms with Crippen molar-refractivity contribution in [2.75, 3.05) is 23.3 Å². The van der Waals surface area contributed by atoms with E-state index in [1.807, 2.05) is 54.6 Å². The third-order valence-corrected chi connectivity index (χ3v) is 5.64. The van der Waals surface area contributed by atoms with Gasteiger partial charge in [-0.3, -0.25) is 4.79 Å². The number of ether oxygens (including phenoxy) is 1. The van der Waals surface area contributed by atoms with Crippen LogP contribution >= 0.6 is 0 Å². The van der Waals surface area contributed by atoms with Gasteiger partial charge >= 0.3 is 0 Å². The lowest BCUT2D eigenvalue weighted by Gasteiger charge is -2.33. The predicted octanol–water partition coefficient (Wildman–Crippen LogP) is 5.43. The minimum absolute atomic E-state index is 0.0562. The lowest BCUT2D eigenvalue weighted by Crippen LogP contribution is -2.38. The fourth-order valence-corrected chi connectivity index (χ4v) is 3.78. The highest BCUT2D eigenvalue weighted by molar-refractivity contribution is 5.92. The topological polar surface area (TPSA) is 41.6 Å². The minimum atomic E-state index is 0.0562. The molecule has 0 aromatic heterocycles. The molecule has 0 bridgehead atoms. The molecule has 1 amide bonds. The molecule has 154 valence electrons. The second-order valence-corrected chi connectivity index (χ2v) is 7.88. The Balaban J connectivity index is 1.25. The molecule has 4 heteroatoms. The molecule has 4 nitrogen and oxygen atoms in total. The van der Waals surface area contributed by atoms with Crippen molar-refractivity contribution in [2.45, 2.75) is 26.4 Å². The Bertz CT molecular complexity index is 945. The standard InChI is InChI=1S/C26H28N2O2/c1-20-7-11-24(12-8-20)28-17-15-22(16-18-28)26(29)27-23-9-13-25(14-10-23)30-19-21-5-3-2-4-6-21/h2-14,22H,15-19H2,1H3,(H,27,29). The first-order valence-electron chi connectivity index (χ1n) is 10.6. The van der Waals surface area contributed by atoms with Crippen LogP contribution in [0.1, 0.15) is 24.0 Å². The third kappa shape index (κ3) is 5.20. The molecule has 1 fully saturated rings. The molecule has 0 unspecified atom stereocenters. The molecule has 0 atom stereocenters. The lowest BCUT2D eigenvalue weighted by molar-refractivity contribution is -0.120. The van der Waals surface area contributed by atoms with Crippen molar-refractivity contribution in [1.82, 2.24) is 0 Å². The van der Waals surface area contributed by atoms with Crippen LogP contribution in [0.25, 0.3) is 0 Å². The number of aryl methyl sites for hydroxylation is 1. The van der Waals surface area contributed by atoms with Gasteiger partial charge in [0.05, 0.1) is 0 Å². The van der Waals surface area contributed by atoms with Crippen LogP contribution in [0, 0.1) is 12.8 Å². The van der Waals surface area contributed by atoms with E-state index in [0.717, 1.165) is 42.9 Å². The van der Waals surface area contributed by atoms with Crippen LogP contribution in [0.15, 0.2) is 78.9 Å². The summed E-state index contributed by atoms with van der Waals surface area (Å²) in [6.07, 6.45) is 1.75. The molecule has 0 spiro atoms. The fourth-order valence-electron chi connectivity index (χ4n) is 3.78. The molecule has 0 aliphatic carbocycles. The van der Waals surface area contributed by atoms with Gasteiger partial charge in [0.1, 0.15) is 12.4 Å². The molecule has 3 aromatic carbocycles. The summed E-state index contributed by atoms with van der Waals surface area (Å²) >= 11 is 0. The maximum Gasteiger partial charge on any atom is 0.227 e. The molecule has 30 heavy (non-hydrogen) atoms. The molecule has 1 saturated heterocycles. The Labute approximate surface area is 178 Å². The lowest BCUT2D eigenvalue weighted by atomic mass is 9.95. The predicted molar refractivity (Wildman–Crippen MR) is 122 cm³/mol. The summed E-state index contributed by atoms with van der Waals surface area (Å²) < 4.78 is 5.81. The average Bonchev–Trinajstić information content (AvgIpc) is 2.80. The number of nitrogens with zero attached hydrogens (tertiary/aromatic N) is 1. The number of hydrogen-bond donors (Lipinski definition) is 1. The van der Waals surface area contributed by atoms with Gasteiger partial charge in [0, 0.05) is 30.4 Å². The number of carbonyl (C=O) groups excluding carboxylic acids is 1. The number of nitrogens with one attached hydrogen (secondary N) is 1. The summed E-state index contributed by atoms with van der Waals surface area (Å²) in [6.45, 7) is 4.45. The summed E-state index contributed by atoms with van der Waals surface area (Å²) in [5.74, 6) is 0.959. The molecule has 1 aliphatic heterocycles. The number of amides is 1. The van der Waals surface area contributed by atoms with Crippen LogP contribution in [-0.4, -0.2) is 19.0 Å². The Morgan fingerprint density at radius 1 is 0.933 bits per heavy atom. The Morgan fingerprint density at radius 2 is 1.60 bits per heavy atom. The van der Waals surface area contributed by atoms with Gasteiger partial charge in [-0.1, -0.05) is 48.0 Å². The van der Waals surface area contributed by atoms with Crippen molar-refractivity contribution in [1.29, 1.82) is 0 Å². The van der Waals surface area contributed by atoms with Gasteiger partial charge in [-0.05, 0) is 61.7 Å². The monoisotopic (exact) mass is 400 g/mol. The van der Waals surface area contributed by atoms with Crippen LogP contribution < -0.4 is 15.0 Å². The smallest absolute Gasteiger partial charge is 0.227 e. The molecule has 3 aromatic rings. The van der Waals surface area contributed by atoms with Gasteiger partial charge < -0.3 is 15.0 Å². The molecule has 1 N–H and O–H groups in total. The number of benzene rings is 3. The van der Waals surface area contributed by atoms with Gasteiger partial charge in [0.15, 0.2) is 0 Å². The largest absolute Gasteiger partial charge is 0.489 e. The van der Waals surface area contributed by atoms with E-state index in [2.05, 4.69) is 41.4 Å². The highest BCUT2D eigenvalue weighted by Gasteiger charge is 2.25. The van der Waals surface area contributed by atoms with Crippen molar-refractivity contribution in [3.8, 4) is 5.75 Å². The second kappa shape index (κ2) is 9.49. The van der Waals surface area contributed by atoms with Crippen molar-refractivity contribution in [3.63, 3.8) is 0 Å². The second-order valence-electron chi connectivity index (χ2n) is 7.88. The Morgan fingerprint density at radius 3 is 2.27 bits per heavy atom. The van der Waals surface area contributed by atoms with E-state index < -0.39 is 0 Å². The number of piperidine rings is 1. The number of rotatable bonds is 6. The first-order valence-corrected chi connectivity index (χ1v) is 10.6. The van der Waals surface area contributed by atoms with Crippen molar-refractivity contribution in [2.24, 2.45) is 5.92 Å². The van der Waals surface area contributed by atoms with Crippen LogP contribution in [0.3, 0.4) is 0 Å². The highest BCUT2D eigenvalue weighted by atomic mass is 16.5. The van der Waals surface area contributed by atoms with Crippen molar-refractivity contribution in [3.05, 3.63) is 90.0 Å². The number of anilines is 2. The van der Waals surface area contributed by atoms with E-state index in [-0.39, 0.29) is 11.8 Å². The van der Waals surface area contributed by atoms with Gasteiger partial charge in [0.2, 0.25) is 5.91 Å². The van der Waals surface area contributed by atoms with Gasteiger partial charge in [-0.15, -0.1) is 0 Å². The number of carbonyl (C=O) groups is 1. The Kier molecular flexibility index (Phi) is 6.33. The van der Waals surface area contributed by atoms with Crippen LogP contribution in [0.4, 0.5) is 11.4 Å². The zero-order valence-corrected chi connectivity index (χ0v) is 17.4. The molecule has 0 saturated carbocycles. The zero-order valence-electron chi connectivity index (χ0n) is 17.4. The first-order chi connectivity index (χ1) is 14.7. The zero-order chi connectivity index (χ0) is 20.8. The van der Waals surface area contributed by atoms with Gasteiger partial charge in [-0.25, -0.2) is 0 Å². The van der Waals surface area contributed by atoms with E-state index >= 15 is 0 Å². The minimum Gasteiger partial charge on any atom is -0.489 e. The van der Waals surface area contributed by atoms with E-state index in [1.54, 1.807) is 0 Å². The quantitative estimate of drug-likeness (QED) is 0.600. The summed E-state index contributed by atoms with van der Waals surface area (Å²) in [5, 5.41) is 3.06. The average molecular weight is 401 g/mol. The summed E-state index contributed by atoms with van der Waals surface area (Å²) in [6, 6.07) is 26.3. The van der Waals surface area contributed by atoms with Gasteiger partial charge in [-0.2, -0.15) is 0 Å². The van der Waals surface area contributed by atoms with Gasteiger partial charge in [0.25, 0.3) is 0 Å². The molecular weight excluding hydrogens is 372 g/mol. The van der Waals surface area contributed by atoms with E-state index in [0.29, 0.717) is 6.61 Å². The maximum atomic E-state index is 12.7. The third-order valence-electron chi connectivity index (χ3n) is 5.64. The molecule has 0 radical (unpaired) electrons. The summed E-state index contributed by atoms with van der Waals surface area (Å²) in [5.41, 5.74) is 4.45. The SMILES string of the molecule is Cc1ccc(N2CCC(C(=O)Nc3ccc(OCc4ccccc4)cc3)CC2)cc1. The molecule has 4 rings (SSSR count). The Hall–Kier alpha value is -3.27. The fraction of sp³-hybridized carbons (Fsp3) is 0.269. The molecule has 1 aliphatic rings. The van der Waals surface area contributed by atoms with E-state index in [9.17, 15) is 4.79 Å². The maximum absolute atomic E-state index is 12.7. The van der Waals surface area contributed by atoms with Crippen LogP contribution in [0.2, 0.25) is 0 Å². The highest BCUT2D eigenvalue weighted by Crippen LogP contribution is 2.25. The number of hydrogen-bond acceptors (Lipinski definition) is 3. The van der Waals surface area contributed by atoms with E-state index in [1.165, 1.54) is 11.3 Å². The summed E-state index contributed by atoms with van der Waals surface area (Å²) in [4.78, 5) is 15.1. The van der Waals surface area contributed by atoms with Crippen LogP contribution in [-0.2, 0) is 11.4 Å². The summed E-state index contributed by atoms with van der Waals surface area (Å²) in [7, 11) is 0. The van der Waals surface area contributed by atoms with Crippen molar-refractivity contribution < 1.29 is 9.53 Å². The van der Waals surface area contributed by atoms with Crippen LogP contribution in [0.5, 0.6) is 5.75 Å². The molecule has 1 heterocycles. The molecular formula is C26H28N2O2. The van der Waals surface area contributed by atoms with E-state index in [4.69, 9.17) is 4.74 Å².